The quantitative estimate of drug-likeness (QED) is 0.218. The number of aliphatic hydroxyl groups is 1. The smallest absolute Gasteiger partial charge is 0.389 e. The van der Waals surface area contributed by atoms with Gasteiger partial charge in [-0.1, -0.05) is 44.9 Å². The zero-order valence-electron chi connectivity index (χ0n) is 18.2. The summed E-state index contributed by atoms with van der Waals surface area (Å²) in [5.74, 6) is 0.122. The minimum Gasteiger partial charge on any atom is -0.414 e. The topological polar surface area (TPSA) is 29.5 Å². The number of halogens is 3. The van der Waals surface area contributed by atoms with Crippen molar-refractivity contribution in [2.75, 3.05) is 0 Å². The van der Waals surface area contributed by atoms with Gasteiger partial charge in [0.2, 0.25) is 0 Å². The van der Waals surface area contributed by atoms with Gasteiger partial charge in [-0.3, -0.25) is 0 Å². The Kier molecular flexibility index (Phi) is 9.49. The highest BCUT2D eigenvalue weighted by molar-refractivity contribution is 6.74. The van der Waals surface area contributed by atoms with Crippen molar-refractivity contribution in [2.24, 2.45) is 5.92 Å². The van der Waals surface area contributed by atoms with Gasteiger partial charge >= 0.3 is 6.18 Å². The molecule has 0 spiro atoms. The summed E-state index contributed by atoms with van der Waals surface area (Å²) < 4.78 is 43.9. The van der Waals surface area contributed by atoms with Crippen LogP contribution in [0.4, 0.5) is 13.2 Å². The number of hydrogen-bond acceptors (Lipinski definition) is 2. The van der Waals surface area contributed by atoms with Crippen LogP contribution in [0.15, 0.2) is 24.3 Å². The molecule has 0 aromatic rings. The molecule has 0 fully saturated rings. The van der Waals surface area contributed by atoms with E-state index in [1.165, 1.54) is 5.57 Å². The lowest BCUT2D eigenvalue weighted by Crippen LogP contribution is -2.44. The molecular formula is C22H39F3O2Si. The third kappa shape index (κ3) is 8.42. The predicted molar refractivity (Wildman–Crippen MR) is 113 cm³/mol. The Hall–Kier alpha value is -0.593. The van der Waals surface area contributed by atoms with Gasteiger partial charge in [0.05, 0.1) is 6.10 Å². The molecular weight excluding hydrogens is 381 g/mol. The minimum atomic E-state index is -4.08. The van der Waals surface area contributed by atoms with E-state index in [2.05, 4.69) is 46.5 Å². The molecule has 1 aliphatic carbocycles. The molecule has 0 aromatic carbocycles. The number of allylic oxidation sites excluding steroid dienone is 1. The van der Waals surface area contributed by atoms with Crippen molar-refractivity contribution in [1.29, 1.82) is 0 Å². The van der Waals surface area contributed by atoms with Gasteiger partial charge in [-0.15, -0.1) is 6.58 Å². The van der Waals surface area contributed by atoms with Crippen molar-refractivity contribution in [3.05, 3.63) is 24.3 Å². The second-order valence-electron chi connectivity index (χ2n) is 9.61. The first kappa shape index (κ1) is 25.4. The third-order valence-corrected chi connectivity index (χ3v) is 10.8. The average molecular weight is 421 g/mol. The Balaban J connectivity index is 2.70. The maximum atomic E-state index is 12.4. The van der Waals surface area contributed by atoms with Crippen LogP contribution in [0, 0.1) is 5.92 Å². The van der Waals surface area contributed by atoms with E-state index in [-0.39, 0.29) is 29.6 Å². The zero-order chi connectivity index (χ0) is 21.6. The summed E-state index contributed by atoms with van der Waals surface area (Å²) in [5, 5.41) is 10.2. The molecule has 0 heterocycles. The van der Waals surface area contributed by atoms with E-state index >= 15 is 0 Å². The highest BCUT2D eigenvalue weighted by atomic mass is 28.4. The molecule has 164 valence electrons. The fourth-order valence-electron chi connectivity index (χ4n) is 3.49. The molecule has 0 bridgehead atoms. The van der Waals surface area contributed by atoms with Crippen LogP contribution >= 0.6 is 0 Å². The number of hydrogen-bond donors (Lipinski definition) is 1. The number of unbranched alkanes of at least 4 members (excludes halogenated alkanes) is 1. The maximum absolute atomic E-state index is 12.4. The van der Waals surface area contributed by atoms with Crippen molar-refractivity contribution in [1.82, 2.24) is 0 Å². The van der Waals surface area contributed by atoms with Crippen LogP contribution in [0.2, 0.25) is 18.1 Å². The number of aliphatic hydroxyl groups excluding tert-OH is 1. The molecule has 1 aliphatic rings. The maximum Gasteiger partial charge on any atom is 0.389 e. The van der Waals surface area contributed by atoms with Crippen LogP contribution in [0.25, 0.3) is 0 Å². The van der Waals surface area contributed by atoms with Gasteiger partial charge < -0.3 is 9.53 Å². The largest absolute Gasteiger partial charge is 0.414 e. The first-order valence-corrected chi connectivity index (χ1v) is 13.4. The zero-order valence-corrected chi connectivity index (χ0v) is 19.2. The predicted octanol–water partition coefficient (Wildman–Crippen LogP) is 7.16. The van der Waals surface area contributed by atoms with Crippen molar-refractivity contribution in [3.63, 3.8) is 0 Å². The number of alkyl halides is 3. The molecule has 0 radical (unpaired) electrons. The Morgan fingerprint density at radius 2 is 1.89 bits per heavy atom. The Morgan fingerprint density at radius 3 is 2.43 bits per heavy atom. The summed E-state index contributed by atoms with van der Waals surface area (Å²) in [7, 11) is -1.99. The lowest BCUT2D eigenvalue weighted by atomic mass is 9.91. The van der Waals surface area contributed by atoms with Gasteiger partial charge in [0.15, 0.2) is 8.32 Å². The Labute approximate surface area is 170 Å². The van der Waals surface area contributed by atoms with E-state index < -0.39 is 20.9 Å². The molecule has 0 amide bonds. The van der Waals surface area contributed by atoms with Crippen LogP contribution in [-0.4, -0.2) is 31.8 Å². The van der Waals surface area contributed by atoms with Crippen molar-refractivity contribution >= 4 is 8.32 Å². The van der Waals surface area contributed by atoms with Crippen molar-refractivity contribution in [2.45, 2.75) is 109 Å². The van der Waals surface area contributed by atoms with Gasteiger partial charge in [0.25, 0.3) is 0 Å². The minimum absolute atomic E-state index is 0.0304. The van der Waals surface area contributed by atoms with E-state index in [1.807, 2.05) is 6.08 Å². The van der Waals surface area contributed by atoms with Crippen LogP contribution in [0.5, 0.6) is 0 Å². The standard InChI is InChI=1S/C22H39F3O2Si/c1-7-10-19-17(13-15-20(19)26)12-14-18(11-8-9-16-22(23,24)25)27-28(5,6)21(2,3)4/h7,13,18-20,26H,1,8-12,14-16H2,2-6H3. The summed E-state index contributed by atoms with van der Waals surface area (Å²) in [6, 6.07) is 0. The summed E-state index contributed by atoms with van der Waals surface area (Å²) in [6.07, 6.45) is 3.16. The summed E-state index contributed by atoms with van der Waals surface area (Å²) in [6.45, 7) is 14.7. The summed E-state index contributed by atoms with van der Waals surface area (Å²) in [4.78, 5) is 0. The fourth-order valence-corrected chi connectivity index (χ4v) is 4.91. The molecule has 3 unspecified atom stereocenters. The highest BCUT2D eigenvalue weighted by Gasteiger charge is 2.39. The fraction of sp³-hybridized carbons (Fsp3) is 0.818. The van der Waals surface area contributed by atoms with E-state index in [0.717, 1.165) is 19.3 Å². The van der Waals surface area contributed by atoms with Crippen LogP contribution in [0.1, 0.15) is 72.1 Å². The van der Waals surface area contributed by atoms with E-state index in [4.69, 9.17) is 4.43 Å². The lowest BCUT2D eigenvalue weighted by molar-refractivity contribution is -0.135. The molecule has 0 aliphatic heterocycles. The van der Waals surface area contributed by atoms with Crippen LogP contribution in [-0.2, 0) is 4.43 Å². The Morgan fingerprint density at radius 1 is 1.25 bits per heavy atom. The average Bonchev–Trinajstić information content (AvgIpc) is 2.87. The van der Waals surface area contributed by atoms with E-state index in [9.17, 15) is 18.3 Å². The normalized spacial score (nSPS) is 22.2. The first-order valence-electron chi connectivity index (χ1n) is 10.5. The van der Waals surface area contributed by atoms with Gasteiger partial charge in [0, 0.05) is 18.4 Å². The van der Waals surface area contributed by atoms with Crippen LogP contribution in [0.3, 0.4) is 0 Å². The van der Waals surface area contributed by atoms with Gasteiger partial charge in [0.1, 0.15) is 0 Å². The summed E-state index contributed by atoms with van der Waals surface area (Å²) in [5.41, 5.74) is 1.24. The van der Waals surface area contributed by atoms with Gasteiger partial charge in [-0.05, 0) is 56.7 Å². The molecule has 6 heteroatoms. The molecule has 2 nitrogen and oxygen atoms in total. The second-order valence-corrected chi connectivity index (χ2v) is 14.4. The first-order chi connectivity index (χ1) is 12.8. The third-order valence-electron chi connectivity index (χ3n) is 6.24. The molecule has 1 N–H and O–H groups in total. The number of rotatable bonds is 11. The summed E-state index contributed by atoms with van der Waals surface area (Å²) >= 11 is 0. The monoisotopic (exact) mass is 420 g/mol. The Bertz CT molecular complexity index is 521. The lowest BCUT2D eigenvalue weighted by Gasteiger charge is -2.39. The van der Waals surface area contributed by atoms with Crippen molar-refractivity contribution < 1.29 is 22.7 Å². The van der Waals surface area contributed by atoms with Gasteiger partial charge in [-0.2, -0.15) is 13.2 Å². The molecule has 3 atom stereocenters. The molecule has 28 heavy (non-hydrogen) atoms. The SMILES string of the molecule is C=CCC1C(CCC(CCCCC(F)(F)F)O[Si](C)(C)C(C)(C)C)=CCC1O. The van der Waals surface area contributed by atoms with E-state index in [1.54, 1.807) is 0 Å². The highest BCUT2D eigenvalue weighted by Crippen LogP contribution is 2.39. The van der Waals surface area contributed by atoms with Crippen molar-refractivity contribution in [3.8, 4) is 0 Å². The molecule has 0 aromatic heterocycles. The molecule has 0 saturated heterocycles. The van der Waals surface area contributed by atoms with E-state index in [0.29, 0.717) is 19.3 Å². The molecule has 1 rings (SSSR count). The second kappa shape index (κ2) is 10.4. The van der Waals surface area contributed by atoms with Gasteiger partial charge in [-0.25, -0.2) is 0 Å². The van der Waals surface area contributed by atoms with Crippen LogP contribution < -0.4 is 0 Å². The molecule has 0 saturated carbocycles.